The Labute approximate surface area is 124 Å². The first-order valence-electron chi connectivity index (χ1n) is 7.03. The Morgan fingerprint density at radius 1 is 1.47 bits per heavy atom. The van der Waals surface area contributed by atoms with E-state index in [1.54, 1.807) is 0 Å². The number of nitrogens with one attached hydrogen (secondary N) is 2. The predicted molar refractivity (Wildman–Crippen MR) is 87.2 cm³/mol. The monoisotopic (exact) mass is 325 g/mol. The van der Waals surface area contributed by atoms with Gasteiger partial charge in [-0.15, -0.1) is 0 Å². The van der Waals surface area contributed by atoms with Gasteiger partial charge >= 0.3 is 0 Å². The average molecular weight is 326 g/mol. The van der Waals surface area contributed by atoms with E-state index in [1.807, 2.05) is 0 Å². The molecule has 1 fully saturated rings. The van der Waals surface area contributed by atoms with E-state index in [4.69, 9.17) is 0 Å². The van der Waals surface area contributed by atoms with Crippen LogP contribution in [0.4, 0.5) is 11.4 Å². The predicted octanol–water partition coefficient (Wildman–Crippen LogP) is 3.46. The van der Waals surface area contributed by atoms with Crippen molar-refractivity contribution in [3.8, 4) is 0 Å². The molecule has 1 saturated heterocycles. The van der Waals surface area contributed by atoms with Gasteiger partial charge in [-0.05, 0) is 50.9 Å². The van der Waals surface area contributed by atoms with Crippen LogP contribution < -0.4 is 15.5 Å². The molecule has 2 rings (SSSR count). The number of hydrogen-bond donors (Lipinski definition) is 2. The highest BCUT2D eigenvalue weighted by molar-refractivity contribution is 9.10. The zero-order valence-electron chi connectivity index (χ0n) is 12.0. The number of hydrogen-bond acceptors (Lipinski definition) is 3. The molecule has 1 aliphatic rings. The second kappa shape index (κ2) is 6.62. The molecule has 1 aliphatic heterocycles. The maximum absolute atomic E-state index is 3.65. The van der Waals surface area contributed by atoms with Crippen molar-refractivity contribution >= 4 is 27.3 Å². The van der Waals surface area contributed by atoms with Crippen LogP contribution in [0.5, 0.6) is 0 Å². The van der Waals surface area contributed by atoms with Crippen LogP contribution in [0.3, 0.4) is 0 Å². The minimum absolute atomic E-state index is 0.476. The molecule has 1 heterocycles. The third-order valence-electron chi connectivity index (χ3n) is 3.64. The van der Waals surface area contributed by atoms with Gasteiger partial charge in [0.2, 0.25) is 0 Å². The van der Waals surface area contributed by atoms with Crippen molar-refractivity contribution in [2.24, 2.45) is 0 Å². The summed E-state index contributed by atoms with van der Waals surface area (Å²) in [5.74, 6) is 0. The third-order valence-corrected chi connectivity index (χ3v) is 4.14. The quantitative estimate of drug-likeness (QED) is 0.868. The van der Waals surface area contributed by atoms with Crippen molar-refractivity contribution in [1.29, 1.82) is 0 Å². The Morgan fingerprint density at radius 2 is 2.26 bits per heavy atom. The van der Waals surface area contributed by atoms with Crippen molar-refractivity contribution in [2.75, 3.05) is 30.9 Å². The number of benzene rings is 1. The highest BCUT2D eigenvalue weighted by Crippen LogP contribution is 2.29. The van der Waals surface area contributed by atoms with Gasteiger partial charge in [0, 0.05) is 30.7 Å². The number of nitrogens with zero attached hydrogens (tertiary/aromatic N) is 1. The van der Waals surface area contributed by atoms with E-state index in [9.17, 15) is 0 Å². The SMILES string of the molecule is CC(CC1CCCN1)Nc1cc(Br)ccc1N(C)C. The molecule has 2 atom stereocenters. The van der Waals surface area contributed by atoms with Gasteiger partial charge in [0.15, 0.2) is 0 Å². The van der Waals surface area contributed by atoms with Gasteiger partial charge in [0.1, 0.15) is 0 Å². The second-order valence-electron chi connectivity index (χ2n) is 5.63. The summed E-state index contributed by atoms with van der Waals surface area (Å²) >= 11 is 3.55. The van der Waals surface area contributed by atoms with Gasteiger partial charge in [-0.1, -0.05) is 15.9 Å². The van der Waals surface area contributed by atoms with Crippen molar-refractivity contribution in [2.45, 2.75) is 38.3 Å². The molecule has 0 radical (unpaired) electrons. The maximum atomic E-state index is 3.65. The van der Waals surface area contributed by atoms with Gasteiger partial charge in [0.05, 0.1) is 11.4 Å². The van der Waals surface area contributed by atoms with E-state index >= 15 is 0 Å². The molecule has 0 aromatic heterocycles. The van der Waals surface area contributed by atoms with E-state index in [0.717, 1.165) is 4.47 Å². The van der Waals surface area contributed by atoms with Crippen molar-refractivity contribution in [3.05, 3.63) is 22.7 Å². The van der Waals surface area contributed by atoms with Crippen molar-refractivity contribution in [3.63, 3.8) is 0 Å². The fraction of sp³-hybridized carbons (Fsp3) is 0.600. The molecule has 1 aromatic carbocycles. The van der Waals surface area contributed by atoms with Crippen molar-refractivity contribution < 1.29 is 0 Å². The van der Waals surface area contributed by atoms with Gasteiger partial charge in [-0.25, -0.2) is 0 Å². The smallest absolute Gasteiger partial charge is 0.0597 e. The van der Waals surface area contributed by atoms with E-state index in [-0.39, 0.29) is 0 Å². The highest BCUT2D eigenvalue weighted by Gasteiger charge is 2.17. The van der Waals surface area contributed by atoms with Gasteiger partial charge < -0.3 is 15.5 Å². The molecule has 19 heavy (non-hydrogen) atoms. The maximum Gasteiger partial charge on any atom is 0.0597 e. The molecule has 3 nitrogen and oxygen atoms in total. The summed E-state index contributed by atoms with van der Waals surface area (Å²) in [5.41, 5.74) is 2.43. The zero-order valence-corrected chi connectivity index (χ0v) is 13.6. The number of halogens is 1. The summed E-state index contributed by atoms with van der Waals surface area (Å²) in [7, 11) is 4.16. The molecule has 2 N–H and O–H groups in total. The fourth-order valence-corrected chi connectivity index (χ4v) is 3.08. The Morgan fingerprint density at radius 3 is 2.89 bits per heavy atom. The normalized spacial score (nSPS) is 20.3. The van der Waals surface area contributed by atoms with Crippen LogP contribution in [-0.2, 0) is 0 Å². The summed E-state index contributed by atoms with van der Waals surface area (Å²) in [4.78, 5) is 2.15. The molecule has 106 valence electrons. The number of anilines is 2. The molecular formula is C15H24BrN3. The summed E-state index contributed by atoms with van der Waals surface area (Å²) < 4.78 is 1.12. The lowest BCUT2D eigenvalue weighted by atomic mass is 10.1. The van der Waals surface area contributed by atoms with Crippen molar-refractivity contribution in [1.82, 2.24) is 5.32 Å². The van der Waals surface area contributed by atoms with Crippen LogP contribution in [0.1, 0.15) is 26.2 Å². The third kappa shape index (κ3) is 4.11. The van der Waals surface area contributed by atoms with Gasteiger partial charge in [-0.2, -0.15) is 0 Å². The minimum Gasteiger partial charge on any atom is -0.381 e. The molecule has 0 bridgehead atoms. The molecule has 0 spiro atoms. The Balaban J connectivity index is 2.02. The summed E-state index contributed by atoms with van der Waals surface area (Å²) in [6.45, 7) is 3.44. The average Bonchev–Trinajstić information content (AvgIpc) is 2.81. The first-order chi connectivity index (χ1) is 9.06. The van der Waals surface area contributed by atoms with Crippen LogP contribution in [-0.4, -0.2) is 32.7 Å². The lowest BCUT2D eigenvalue weighted by molar-refractivity contribution is 0.523. The second-order valence-corrected chi connectivity index (χ2v) is 6.55. The van der Waals surface area contributed by atoms with Crippen LogP contribution in [0.2, 0.25) is 0 Å². The van der Waals surface area contributed by atoms with Crippen LogP contribution >= 0.6 is 15.9 Å². The van der Waals surface area contributed by atoms with E-state index in [2.05, 4.69) is 70.7 Å². The van der Waals surface area contributed by atoms with Gasteiger partial charge in [0.25, 0.3) is 0 Å². The first-order valence-corrected chi connectivity index (χ1v) is 7.82. The fourth-order valence-electron chi connectivity index (χ4n) is 2.72. The molecule has 0 amide bonds. The van der Waals surface area contributed by atoms with Gasteiger partial charge in [-0.3, -0.25) is 0 Å². The molecule has 2 unspecified atom stereocenters. The van der Waals surface area contributed by atoms with Crippen LogP contribution in [0.25, 0.3) is 0 Å². The standard InChI is InChI=1S/C15H24BrN3/c1-11(9-13-5-4-8-17-13)18-14-10-12(16)6-7-15(14)19(2)3/h6-7,10-11,13,17-18H,4-5,8-9H2,1-3H3. The topological polar surface area (TPSA) is 27.3 Å². The van der Waals surface area contributed by atoms with E-state index in [1.165, 1.54) is 37.2 Å². The minimum atomic E-state index is 0.476. The summed E-state index contributed by atoms with van der Waals surface area (Å²) in [6.07, 6.45) is 3.81. The van der Waals surface area contributed by atoms with E-state index < -0.39 is 0 Å². The largest absolute Gasteiger partial charge is 0.381 e. The lowest BCUT2D eigenvalue weighted by Crippen LogP contribution is -2.29. The van der Waals surface area contributed by atoms with Crippen LogP contribution in [0, 0.1) is 0 Å². The molecule has 0 aliphatic carbocycles. The zero-order chi connectivity index (χ0) is 13.8. The lowest BCUT2D eigenvalue weighted by Gasteiger charge is -2.24. The van der Waals surface area contributed by atoms with Crippen LogP contribution in [0.15, 0.2) is 22.7 Å². The summed E-state index contributed by atoms with van der Waals surface area (Å²) in [5, 5.41) is 7.21. The van der Waals surface area contributed by atoms with E-state index in [0.29, 0.717) is 12.1 Å². The molecule has 1 aromatic rings. The molecule has 0 saturated carbocycles. The molecule has 4 heteroatoms. The number of rotatable bonds is 5. The Kier molecular flexibility index (Phi) is 5.11. The summed E-state index contributed by atoms with van der Waals surface area (Å²) in [6, 6.07) is 7.55. The Bertz CT molecular complexity index is 414. The Hall–Kier alpha value is -0.740. The first kappa shape index (κ1) is 14.7. The molecular weight excluding hydrogens is 302 g/mol. The highest BCUT2D eigenvalue weighted by atomic mass is 79.9.